The lowest BCUT2D eigenvalue weighted by Gasteiger charge is -2.35. The number of esters is 1. The molecule has 3 heteroatoms. The molecule has 0 unspecified atom stereocenters. The molecule has 1 aliphatic carbocycles. The summed E-state index contributed by atoms with van der Waals surface area (Å²) in [6, 6.07) is 2.37. The summed E-state index contributed by atoms with van der Waals surface area (Å²) in [5, 5.41) is 9.16. The highest BCUT2D eigenvalue weighted by molar-refractivity contribution is 5.69. The van der Waals surface area contributed by atoms with Crippen LogP contribution in [0, 0.1) is 22.7 Å². The van der Waals surface area contributed by atoms with Gasteiger partial charge in [0.15, 0.2) is 0 Å². The van der Waals surface area contributed by atoms with Crippen molar-refractivity contribution in [2.45, 2.75) is 46.0 Å². The van der Waals surface area contributed by atoms with Crippen LogP contribution in [0.15, 0.2) is 0 Å². The molecule has 2 atom stereocenters. The number of nitrogens with zero attached hydrogens (tertiary/aromatic N) is 1. The van der Waals surface area contributed by atoms with E-state index in [0.29, 0.717) is 13.0 Å². The first-order chi connectivity index (χ1) is 7.12. The van der Waals surface area contributed by atoms with Crippen molar-refractivity contribution >= 4 is 5.97 Å². The van der Waals surface area contributed by atoms with E-state index in [-0.39, 0.29) is 17.3 Å². The molecule has 3 nitrogen and oxygen atoms in total. The van der Waals surface area contributed by atoms with Crippen molar-refractivity contribution in [3.63, 3.8) is 0 Å². The quantitative estimate of drug-likeness (QED) is 0.671. The Kier molecular flexibility index (Phi) is 4.14. The lowest BCUT2D eigenvalue weighted by atomic mass is 9.67. The zero-order chi connectivity index (χ0) is 11.3. The third-order valence-electron chi connectivity index (χ3n) is 3.37. The standard InChI is InChI=1S/C12H19NO2/c1-3-15-11(14)8-10-6-4-5-7-12(10,2)9-13/h10H,3-8H2,1-2H3/t10-,12-/m1/s1. The summed E-state index contributed by atoms with van der Waals surface area (Å²) < 4.78 is 4.93. The van der Waals surface area contributed by atoms with Gasteiger partial charge in [-0.3, -0.25) is 4.79 Å². The Labute approximate surface area is 91.4 Å². The predicted molar refractivity (Wildman–Crippen MR) is 56.9 cm³/mol. The number of rotatable bonds is 3. The van der Waals surface area contributed by atoms with Crippen LogP contribution in [0.5, 0.6) is 0 Å². The normalized spacial score (nSPS) is 30.6. The molecule has 15 heavy (non-hydrogen) atoms. The summed E-state index contributed by atoms with van der Waals surface area (Å²) >= 11 is 0. The first kappa shape index (κ1) is 12.0. The van der Waals surface area contributed by atoms with Gasteiger partial charge in [0.25, 0.3) is 0 Å². The van der Waals surface area contributed by atoms with Gasteiger partial charge in [-0.25, -0.2) is 0 Å². The van der Waals surface area contributed by atoms with Gasteiger partial charge in [-0.05, 0) is 32.6 Å². The minimum absolute atomic E-state index is 0.161. The monoisotopic (exact) mass is 209 g/mol. The third kappa shape index (κ3) is 2.95. The summed E-state index contributed by atoms with van der Waals surface area (Å²) in [7, 11) is 0. The van der Waals surface area contributed by atoms with Gasteiger partial charge in [0.1, 0.15) is 0 Å². The van der Waals surface area contributed by atoms with Gasteiger partial charge >= 0.3 is 5.97 Å². The molecule has 0 aromatic carbocycles. The van der Waals surface area contributed by atoms with Crippen molar-refractivity contribution in [1.82, 2.24) is 0 Å². The van der Waals surface area contributed by atoms with Crippen molar-refractivity contribution in [2.24, 2.45) is 11.3 Å². The zero-order valence-electron chi connectivity index (χ0n) is 9.58. The second-order valence-corrected chi connectivity index (χ2v) is 4.48. The van der Waals surface area contributed by atoms with Crippen LogP contribution in [-0.4, -0.2) is 12.6 Å². The van der Waals surface area contributed by atoms with E-state index in [9.17, 15) is 4.79 Å². The van der Waals surface area contributed by atoms with E-state index in [4.69, 9.17) is 10.00 Å². The van der Waals surface area contributed by atoms with Crippen LogP contribution in [0.3, 0.4) is 0 Å². The van der Waals surface area contributed by atoms with Gasteiger partial charge in [-0.1, -0.05) is 12.8 Å². The minimum atomic E-state index is -0.328. The van der Waals surface area contributed by atoms with E-state index < -0.39 is 0 Å². The number of carbonyl (C=O) groups is 1. The number of hydrogen-bond donors (Lipinski definition) is 0. The summed E-state index contributed by atoms with van der Waals surface area (Å²) in [4.78, 5) is 11.4. The van der Waals surface area contributed by atoms with Crippen molar-refractivity contribution in [3.8, 4) is 6.07 Å². The highest BCUT2D eigenvalue weighted by Crippen LogP contribution is 2.42. The number of nitriles is 1. The van der Waals surface area contributed by atoms with Gasteiger partial charge in [0.05, 0.1) is 18.1 Å². The highest BCUT2D eigenvalue weighted by Gasteiger charge is 2.37. The van der Waals surface area contributed by atoms with Crippen molar-refractivity contribution in [2.75, 3.05) is 6.61 Å². The number of hydrogen-bond acceptors (Lipinski definition) is 3. The summed E-state index contributed by atoms with van der Waals surface area (Å²) in [5.41, 5.74) is -0.328. The molecule has 1 saturated carbocycles. The Morgan fingerprint density at radius 2 is 2.33 bits per heavy atom. The van der Waals surface area contributed by atoms with E-state index in [1.807, 2.05) is 13.8 Å². The second-order valence-electron chi connectivity index (χ2n) is 4.48. The van der Waals surface area contributed by atoms with E-state index >= 15 is 0 Å². The van der Waals surface area contributed by atoms with E-state index in [2.05, 4.69) is 6.07 Å². The summed E-state index contributed by atoms with van der Waals surface area (Å²) in [6.45, 7) is 4.20. The minimum Gasteiger partial charge on any atom is -0.466 e. The molecule has 1 rings (SSSR count). The van der Waals surface area contributed by atoms with Gasteiger partial charge in [-0.2, -0.15) is 5.26 Å². The maximum atomic E-state index is 11.4. The molecule has 0 saturated heterocycles. The van der Waals surface area contributed by atoms with E-state index in [1.165, 1.54) is 0 Å². The summed E-state index contributed by atoms with van der Waals surface area (Å²) in [5.74, 6) is 0.0150. The molecular weight excluding hydrogens is 190 g/mol. The SMILES string of the molecule is CCOC(=O)C[C@H]1CCCC[C@]1(C)C#N. The molecule has 0 aromatic heterocycles. The molecule has 84 valence electrons. The van der Waals surface area contributed by atoms with Gasteiger partial charge < -0.3 is 4.74 Å². The highest BCUT2D eigenvalue weighted by atomic mass is 16.5. The van der Waals surface area contributed by atoms with Gasteiger partial charge in [-0.15, -0.1) is 0 Å². The fourth-order valence-electron chi connectivity index (χ4n) is 2.30. The predicted octanol–water partition coefficient (Wildman–Crippen LogP) is 2.66. The Balaban J connectivity index is 2.58. The molecule has 0 radical (unpaired) electrons. The number of carbonyl (C=O) groups excluding carboxylic acids is 1. The van der Waals surface area contributed by atoms with Gasteiger partial charge in [0.2, 0.25) is 0 Å². The smallest absolute Gasteiger partial charge is 0.306 e. The lowest BCUT2D eigenvalue weighted by molar-refractivity contribution is -0.145. The maximum Gasteiger partial charge on any atom is 0.306 e. The molecule has 0 N–H and O–H groups in total. The fraction of sp³-hybridized carbons (Fsp3) is 0.833. The van der Waals surface area contributed by atoms with E-state index in [0.717, 1.165) is 25.7 Å². The fourth-order valence-corrected chi connectivity index (χ4v) is 2.30. The average Bonchev–Trinajstić information content (AvgIpc) is 2.22. The van der Waals surface area contributed by atoms with Crippen molar-refractivity contribution < 1.29 is 9.53 Å². The molecule has 0 aliphatic heterocycles. The Hall–Kier alpha value is -1.04. The lowest BCUT2D eigenvalue weighted by Crippen LogP contribution is -2.31. The summed E-state index contributed by atoms with van der Waals surface area (Å²) in [6.07, 6.45) is 4.51. The molecule has 0 aromatic rings. The van der Waals surface area contributed by atoms with Crippen LogP contribution in [0.1, 0.15) is 46.0 Å². The molecule has 1 fully saturated rings. The van der Waals surface area contributed by atoms with Crippen LogP contribution < -0.4 is 0 Å². The van der Waals surface area contributed by atoms with Crippen molar-refractivity contribution in [3.05, 3.63) is 0 Å². The average molecular weight is 209 g/mol. The van der Waals surface area contributed by atoms with E-state index in [1.54, 1.807) is 0 Å². The molecule has 0 amide bonds. The zero-order valence-corrected chi connectivity index (χ0v) is 9.58. The topological polar surface area (TPSA) is 50.1 Å². The first-order valence-corrected chi connectivity index (χ1v) is 5.69. The Morgan fingerprint density at radius 1 is 1.60 bits per heavy atom. The Bertz CT molecular complexity index is 269. The van der Waals surface area contributed by atoms with Crippen molar-refractivity contribution in [1.29, 1.82) is 5.26 Å². The maximum absolute atomic E-state index is 11.4. The molecule has 0 heterocycles. The van der Waals surface area contributed by atoms with Crippen LogP contribution in [0.2, 0.25) is 0 Å². The molecule has 0 spiro atoms. The first-order valence-electron chi connectivity index (χ1n) is 5.69. The molecular formula is C12H19NO2. The number of ether oxygens (including phenoxy) is 1. The van der Waals surface area contributed by atoms with Crippen LogP contribution in [0.25, 0.3) is 0 Å². The van der Waals surface area contributed by atoms with Crippen LogP contribution >= 0.6 is 0 Å². The van der Waals surface area contributed by atoms with Crippen LogP contribution in [0.4, 0.5) is 0 Å². The molecule has 0 bridgehead atoms. The second kappa shape index (κ2) is 5.16. The van der Waals surface area contributed by atoms with Gasteiger partial charge in [0, 0.05) is 6.42 Å². The molecule has 1 aliphatic rings. The van der Waals surface area contributed by atoms with Crippen LogP contribution in [-0.2, 0) is 9.53 Å². The Morgan fingerprint density at radius 3 is 2.93 bits per heavy atom. The third-order valence-corrected chi connectivity index (χ3v) is 3.37. The largest absolute Gasteiger partial charge is 0.466 e.